The Labute approximate surface area is 103 Å². The van der Waals surface area contributed by atoms with Crippen LogP contribution < -0.4 is 0 Å². The van der Waals surface area contributed by atoms with Gasteiger partial charge in [0, 0.05) is 10.8 Å². The minimum absolute atomic E-state index is 0.149. The third kappa shape index (κ3) is 1.71. The number of aliphatic hydroxyl groups is 2. The van der Waals surface area contributed by atoms with Gasteiger partial charge in [-0.05, 0) is 19.3 Å². The normalized spacial score (nSPS) is 44.5. The predicted octanol–water partition coefficient (Wildman–Crippen LogP) is 2.00. The number of rotatable bonds is 0. The van der Waals surface area contributed by atoms with Crippen LogP contribution in [-0.2, 0) is 0 Å². The molecule has 2 aliphatic carbocycles. The van der Waals surface area contributed by atoms with Crippen molar-refractivity contribution in [3.05, 3.63) is 11.6 Å². The van der Waals surface area contributed by atoms with Crippen molar-refractivity contribution in [2.75, 3.05) is 0 Å². The Hall–Kier alpha value is -0.850. The van der Waals surface area contributed by atoms with Gasteiger partial charge in [-0.25, -0.2) is 0 Å². The summed E-state index contributed by atoms with van der Waals surface area (Å²) >= 11 is 0. The molecular weight excluding hydrogens is 214 g/mol. The van der Waals surface area contributed by atoms with Gasteiger partial charge in [0.1, 0.15) is 0 Å². The van der Waals surface area contributed by atoms with Crippen molar-refractivity contribution in [2.45, 2.75) is 52.2 Å². The predicted molar refractivity (Wildman–Crippen MR) is 64.9 cm³/mol. The maximum atomic E-state index is 10.1. The molecule has 94 valence electrons. The fourth-order valence-corrected chi connectivity index (χ4v) is 3.57. The van der Waals surface area contributed by atoms with Crippen molar-refractivity contribution < 1.29 is 10.2 Å². The topological polar surface area (TPSA) is 64.2 Å². The fourth-order valence-electron chi connectivity index (χ4n) is 3.57. The van der Waals surface area contributed by atoms with Gasteiger partial charge in [-0.3, -0.25) is 0 Å². The Morgan fingerprint density at radius 1 is 1.35 bits per heavy atom. The first-order valence-electron chi connectivity index (χ1n) is 6.31. The molecule has 0 radical (unpaired) electrons. The third-order valence-corrected chi connectivity index (χ3v) is 4.84. The summed E-state index contributed by atoms with van der Waals surface area (Å²) in [5.74, 6) is -0.149. The smallest absolute Gasteiger partial charge is 0.0736 e. The minimum atomic E-state index is -0.549. The van der Waals surface area contributed by atoms with Gasteiger partial charge in [-0.15, -0.1) is 0 Å². The quantitative estimate of drug-likeness (QED) is 0.631. The minimum Gasteiger partial charge on any atom is -0.392 e. The zero-order chi connectivity index (χ0) is 12.8. The number of nitrogens with zero attached hydrogens (tertiary/aromatic N) is 1. The largest absolute Gasteiger partial charge is 0.392 e. The number of hydrogen-bond donors (Lipinski definition) is 2. The second kappa shape index (κ2) is 3.83. The molecule has 0 amide bonds. The molecule has 0 heterocycles. The molecular formula is C14H21NO2. The summed E-state index contributed by atoms with van der Waals surface area (Å²) in [6, 6.07) is 2.34. The van der Waals surface area contributed by atoms with Gasteiger partial charge in [0.15, 0.2) is 0 Å². The van der Waals surface area contributed by atoms with E-state index in [-0.39, 0.29) is 22.9 Å². The van der Waals surface area contributed by atoms with Crippen LogP contribution in [0.3, 0.4) is 0 Å². The molecule has 17 heavy (non-hydrogen) atoms. The molecule has 0 spiro atoms. The van der Waals surface area contributed by atoms with Crippen LogP contribution in [0.15, 0.2) is 11.6 Å². The highest BCUT2D eigenvalue weighted by molar-refractivity contribution is 5.32. The van der Waals surface area contributed by atoms with E-state index < -0.39 is 6.10 Å². The van der Waals surface area contributed by atoms with Crippen molar-refractivity contribution in [1.29, 1.82) is 5.26 Å². The molecule has 1 saturated carbocycles. The van der Waals surface area contributed by atoms with Crippen molar-refractivity contribution in [3.63, 3.8) is 0 Å². The lowest BCUT2D eigenvalue weighted by atomic mass is 9.52. The van der Waals surface area contributed by atoms with E-state index >= 15 is 0 Å². The van der Waals surface area contributed by atoms with Crippen LogP contribution in [0, 0.1) is 28.1 Å². The van der Waals surface area contributed by atoms with Crippen LogP contribution >= 0.6 is 0 Å². The molecule has 0 aliphatic heterocycles. The van der Waals surface area contributed by atoms with Gasteiger partial charge in [0.05, 0.1) is 24.2 Å². The molecule has 0 bridgehead atoms. The molecule has 3 heteroatoms. The van der Waals surface area contributed by atoms with Gasteiger partial charge in [0.2, 0.25) is 0 Å². The summed E-state index contributed by atoms with van der Waals surface area (Å²) in [6.45, 7) is 6.12. The first kappa shape index (κ1) is 12.6. The molecule has 4 atom stereocenters. The second-order valence-electron chi connectivity index (χ2n) is 6.26. The monoisotopic (exact) mass is 235 g/mol. The van der Waals surface area contributed by atoms with Crippen LogP contribution in [-0.4, -0.2) is 22.4 Å². The zero-order valence-electron chi connectivity index (χ0n) is 10.8. The summed E-state index contributed by atoms with van der Waals surface area (Å²) in [5.41, 5.74) is 0.536. The van der Waals surface area contributed by atoms with Crippen LogP contribution in [0.2, 0.25) is 0 Å². The van der Waals surface area contributed by atoms with E-state index in [1.807, 2.05) is 19.9 Å². The van der Waals surface area contributed by atoms with Crippen LogP contribution in [0.25, 0.3) is 0 Å². The fraction of sp³-hybridized carbons (Fsp3) is 0.786. The van der Waals surface area contributed by atoms with Gasteiger partial charge >= 0.3 is 0 Å². The zero-order valence-corrected chi connectivity index (χ0v) is 10.8. The molecule has 0 aromatic rings. The van der Waals surface area contributed by atoms with E-state index in [0.29, 0.717) is 6.42 Å². The Kier molecular flexibility index (Phi) is 2.84. The molecule has 2 N–H and O–H groups in total. The van der Waals surface area contributed by atoms with Gasteiger partial charge in [-0.2, -0.15) is 5.26 Å². The third-order valence-electron chi connectivity index (χ3n) is 4.84. The highest BCUT2D eigenvalue weighted by Gasteiger charge is 2.52. The van der Waals surface area contributed by atoms with Gasteiger partial charge in [0.25, 0.3) is 0 Å². The lowest BCUT2D eigenvalue weighted by molar-refractivity contribution is -0.0107. The summed E-state index contributed by atoms with van der Waals surface area (Å²) in [5, 5.41) is 29.3. The number of hydrogen-bond acceptors (Lipinski definition) is 3. The molecule has 0 aromatic heterocycles. The second-order valence-corrected chi connectivity index (χ2v) is 6.26. The van der Waals surface area contributed by atoms with Gasteiger partial charge < -0.3 is 10.2 Å². The van der Waals surface area contributed by atoms with Gasteiger partial charge in [-0.1, -0.05) is 32.4 Å². The Balaban J connectivity index is 2.51. The van der Waals surface area contributed by atoms with Crippen molar-refractivity contribution >= 4 is 0 Å². The van der Waals surface area contributed by atoms with Crippen molar-refractivity contribution in [2.24, 2.45) is 16.7 Å². The maximum Gasteiger partial charge on any atom is 0.0736 e. The first-order chi connectivity index (χ1) is 7.82. The standard InChI is InChI=1S/C14H21NO2/c1-13(2)11-7-10(16)6-9(8-15)14(11,3)5-4-12(13)17/h7,9-10,12,16-17H,4-6H2,1-3H3/t9-,10-,12+,14-/m1/s1. The van der Waals surface area contributed by atoms with E-state index in [2.05, 4.69) is 13.0 Å². The molecule has 2 aliphatic rings. The summed E-state index contributed by atoms with van der Waals surface area (Å²) in [4.78, 5) is 0. The van der Waals surface area contributed by atoms with Crippen LogP contribution in [0.4, 0.5) is 0 Å². The van der Waals surface area contributed by atoms with E-state index in [1.165, 1.54) is 0 Å². The van der Waals surface area contributed by atoms with Crippen molar-refractivity contribution in [1.82, 2.24) is 0 Å². The average Bonchev–Trinajstić information content (AvgIpc) is 2.26. The first-order valence-corrected chi connectivity index (χ1v) is 6.31. The molecule has 2 rings (SSSR count). The Bertz CT molecular complexity index is 394. The van der Waals surface area contributed by atoms with E-state index in [4.69, 9.17) is 0 Å². The molecule has 3 nitrogen and oxygen atoms in total. The van der Waals surface area contributed by atoms with Crippen LogP contribution in [0.5, 0.6) is 0 Å². The molecule has 0 aromatic carbocycles. The van der Waals surface area contributed by atoms with E-state index in [1.54, 1.807) is 0 Å². The summed E-state index contributed by atoms with van der Waals surface area (Å²) < 4.78 is 0. The molecule has 1 fully saturated rings. The average molecular weight is 235 g/mol. The lowest BCUT2D eigenvalue weighted by Crippen LogP contribution is -2.49. The van der Waals surface area contributed by atoms with Crippen molar-refractivity contribution in [3.8, 4) is 6.07 Å². The van der Waals surface area contributed by atoms with E-state index in [9.17, 15) is 15.5 Å². The number of fused-ring (bicyclic) bond motifs is 1. The number of aliphatic hydroxyl groups excluding tert-OH is 2. The Morgan fingerprint density at radius 3 is 2.59 bits per heavy atom. The number of nitriles is 1. The van der Waals surface area contributed by atoms with E-state index in [0.717, 1.165) is 18.4 Å². The molecule has 0 saturated heterocycles. The lowest BCUT2D eigenvalue weighted by Gasteiger charge is -2.53. The Morgan fingerprint density at radius 2 is 2.00 bits per heavy atom. The molecule has 0 unspecified atom stereocenters. The maximum absolute atomic E-state index is 10.1. The van der Waals surface area contributed by atoms with Crippen LogP contribution in [0.1, 0.15) is 40.0 Å². The summed E-state index contributed by atoms with van der Waals surface area (Å²) in [7, 11) is 0. The highest BCUT2D eigenvalue weighted by atomic mass is 16.3. The SMILES string of the molecule is CC1(C)C2=C[C@H](O)C[C@H](C#N)[C@@]2(C)CC[C@@H]1O. The highest BCUT2D eigenvalue weighted by Crippen LogP contribution is 2.57. The summed E-state index contributed by atoms with van der Waals surface area (Å²) in [6.07, 6.45) is 3.02.